The Morgan fingerprint density at radius 3 is 2.30 bits per heavy atom. The molecule has 4 amide bonds. The first kappa shape index (κ1) is 28.4. The second-order valence-corrected chi connectivity index (χ2v) is 10.2. The Labute approximate surface area is 236 Å². The van der Waals surface area contributed by atoms with Crippen LogP contribution in [0.5, 0.6) is 11.5 Å². The van der Waals surface area contributed by atoms with Crippen LogP contribution in [0.25, 0.3) is 6.08 Å². The van der Waals surface area contributed by atoms with Gasteiger partial charge in [-0.15, -0.1) is 0 Å². The number of rotatable bonds is 9. The topological polar surface area (TPSA) is 114 Å². The Hall–Kier alpha value is -4.57. The zero-order valence-electron chi connectivity index (χ0n) is 22.6. The van der Waals surface area contributed by atoms with Gasteiger partial charge in [0.05, 0.1) is 12.0 Å². The first-order valence-electron chi connectivity index (χ1n) is 12.4. The van der Waals surface area contributed by atoms with E-state index in [0.717, 1.165) is 33.4 Å². The molecule has 0 aromatic heterocycles. The number of amides is 4. The number of carbonyl (C=O) groups is 4. The van der Waals surface area contributed by atoms with Gasteiger partial charge in [0.15, 0.2) is 18.1 Å². The molecule has 3 aromatic carbocycles. The average Bonchev–Trinajstić information content (AvgIpc) is 3.17. The molecule has 1 heterocycles. The summed E-state index contributed by atoms with van der Waals surface area (Å²) in [6.07, 6.45) is 1.54. The lowest BCUT2D eigenvalue weighted by atomic mass is 10.1. The van der Waals surface area contributed by atoms with Crippen LogP contribution in [-0.4, -0.2) is 48.1 Å². The van der Waals surface area contributed by atoms with Gasteiger partial charge in [0.25, 0.3) is 17.1 Å². The Morgan fingerprint density at radius 1 is 0.875 bits per heavy atom. The van der Waals surface area contributed by atoms with Crippen molar-refractivity contribution < 1.29 is 28.7 Å². The molecule has 1 fully saturated rings. The third-order valence-corrected chi connectivity index (χ3v) is 6.92. The zero-order chi connectivity index (χ0) is 28.8. The minimum atomic E-state index is -0.558. The number of ether oxygens (including phenoxy) is 2. The Morgan fingerprint density at radius 2 is 1.60 bits per heavy atom. The molecule has 0 saturated carbocycles. The SMILES string of the molecule is COc1cc(/C=C2/SC(=O)N(CC(=O)Nc3ccc(C)cc3C)C2=O)ccc1OCC(=O)Nc1ccc(C)cc1. The van der Waals surface area contributed by atoms with Gasteiger partial charge < -0.3 is 20.1 Å². The third-order valence-electron chi connectivity index (χ3n) is 6.01. The van der Waals surface area contributed by atoms with Crippen molar-refractivity contribution in [3.63, 3.8) is 0 Å². The Kier molecular flexibility index (Phi) is 8.90. The Bertz CT molecular complexity index is 1500. The summed E-state index contributed by atoms with van der Waals surface area (Å²) < 4.78 is 11.0. The molecule has 2 N–H and O–H groups in total. The van der Waals surface area contributed by atoms with Crippen molar-refractivity contribution in [2.45, 2.75) is 20.8 Å². The van der Waals surface area contributed by atoms with E-state index < -0.39 is 23.6 Å². The monoisotopic (exact) mass is 559 g/mol. The van der Waals surface area contributed by atoms with Crippen molar-refractivity contribution in [3.8, 4) is 11.5 Å². The molecule has 9 nitrogen and oxygen atoms in total. The van der Waals surface area contributed by atoms with Crippen molar-refractivity contribution in [1.29, 1.82) is 0 Å². The maximum absolute atomic E-state index is 12.9. The van der Waals surface area contributed by atoms with Crippen LogP contribution in [0.15, 0.2) is 65.6 Å². The molecule has 40 heavy (non-hydrogen) atoms. The molecule has 10 heteroatoms. The quantitative estimate of drug-likeness (QED) is 0.342. The van der Waals surface area contributed by atoms with Gasteiger partial charge in [-0.1, -0.05) is 41.5 Å². The van der Waals surface area contributed by atoms with Crippen LogP contribution in [0, 0.1) is 20.8 Å². The van der Waals surface area contributed by atoms with Crippen molar-refractivity contribution in [1.82, 2.24) is 4.90 Å². The lowest BCUT2D eigenvalue weighted by Gasteiger charge is -2.14. The van der Waals surface area contributed by atoms with Gasteiger partial charge in [-0.05, 0) is 80.1 Å². The van der Waals surface area contributed by atoms with Crippen LogP contribution in [-0.2, 0) is 14.4 Å². The van der Waals surface area contributed by atoms with Crippen LogP contribution in [0.2, 0.25) is 0 Å². The largest absolute Gasteiger partial charge is 0.493 e. The van der Waals surface area contributed by atoms with Crippen LogP contribution < -0.4 is 20.1 Å². The van der Waals surface area contributed by atoms with Crippen molar-refractivity contribution in [3.05, 3.63) is 87.8 Å². The van der Waals surface area contributed by atoms with Gasteiger partial charge in [0.1, 0.15) is 6.54 Å². The molecule has 3 aromatic rings. The highest BCUT2D eigenvalue weighted by Crippen LogP contribution is 2.34. The van der Waals surface area contributed by atoms with E-state index in [2.05, 4.69) is 10.6 Å². The minimum absolute atomic E-state index is 0.178. The molecule has 1 saturated heterocycles. The van der Waals surface area contributed by atoms with E-state index in [4.69, 9.17) is 9.47 Å². The molecular formula is C30H29N3O6S. The fraction of sp³-hybridized carbons (Fsp3) is 0.200. The van der Waals surface area contributed by atoms with Gasteiger partial charge >= 0.3 is 0 Å². The van der Waals surface area contributed by atoms with E-state index in [0.29, 0.717) is 28.4 Å². The molecule has 0 radical (unpaired) electrons. The van der Waals surface area contributed by atoms with E-state index in [1.54, 1.807) is 30.3 Å². The van der Waals surface area contributed by atoms with E-state index >= 15 is 0 Å². The predicted molar refractivity (Wildman–Crippen MR) is 156 cm³/mol. The van der Waals surface area contributed by atoms with Gasteiger partial charge in [0.2, 0.25) is 5.91 Å². The second-order valence-electron chi connectivity index (χ2n) is 9.25. The van der Waals surface area contributed by atoms with Crippen LogP contribution >= 0.6 is 11.8 Å². The molecule has 206 valence electrons. The highest BCUT2D eigenvalue weighted by Gasteiger charge is 2.36. The lowest BCUT2D eigenvalue weighted by Crippen LogP contribution is -2.36. The van der Waals surface area contributed by atoms with Gasteiger partial charge in [0, 0.05) is 11.4 Å². The number of imide groups is 1. The number of hydrogen-bond acceptors (Lipinski definition) is 7. The summed E-state index contributed by atoms with van der Waals surface area (Å²) in [5.41, 5.74) is 4.90. The smallest absolute Gasteiger partial charge is 0.294 e. The number of aryl methyl sites for hydroxylation is 3. The number of nitrogens with one attached hydrogen (secondary N) is 2. The Balaban J connectivity index is 1.38. The number of thioether (sulfide) groups is 1. The summed E-state index contributed by atoms with van der Waals surface area (Å²) in [4.78, 5) is 51.4. The van der Waals surface area contributed by atoms with Crippen LogP contribution in [0.1, 0.15) is 22.3 Å². The van der Waals surface area contributed by atoms with E-state index in [1.165, 1.54) is 7.11 Å². The number of benzene rings is 3. The summed E-state index contributed by atoms with van der Waals surface area (Å²) in [5, 5.41) is 4.99. The molecule has 4 rings (SSSR count). The number of nitrogens with zero attached hydrogens (tertiary/aromatic N) is 1. The highest BCUT2D eigenvalue weighted by molar-refractivity contribution is 8.18. The fourth-order valence-electron chi connectivity index (χ4n) is 3.95. The van der Waals surface area contributed by atoms with Crippen molar-refractivity contribution in [2.24, 2.45) is 0 Å². The highest BCUT2D eigenvalue weighted by atomic mass is 32.2. The lowest BCUT2D eigenvalue weighted by molar-refractivity contribution is -0.127. The molecule has 1 aliphatic rings. The molecule has 0 unspecified atom stereocenters. The summed E-state index contributed by atoms with van der Waals surface area (Å²) in [5.74, 6) is -0.660. The summed E-state index contributed by atoms with van der Waals surface area (Å²) in [6.45, 7) is 5.16. The second kappa shape index (κ2) is 12.5. The predicted octanol–water partition coefficient (Wildman–Crippen LogP) is 5.31. The molecule has 1 aliphatic heterocycles. The average molecular weight is 560 g/mol. The van der Waals surface area contributed by atoms with Crippen LogP contribution in [0.3, 0.4) is 0 Å². The summed E-state index contributed by atoms with van der Waals surface area (Å²) >= 11 is 0.757. The maximum atomic E-state index is 12.9. The number of hydrogen-bond donors (Lipinski definition) is 2. The zero-order valence-corrected chi connectivity index (χ0v) is 23.4. The van der Waals surface area contributed by atoms with Gasteiger partial charge in [-0.25, -0.2) is 0 Å². The number of anilines is 2. The van der Waals surface area contributed by atoms with Crippen LogP contribution in [0.4, 0.5) is 16.2 Å². The van der Waals surface area contributed by atoms with E-state index in [1.807, 2.05) is 57.2 Å². The third kappa shape index (κ3) is 7.09. The number of methoxy groups -OCH3 is 1. The molecule has 0 bridgehead atoms. The maximum Gasteiger partial charge on any atom is 0.294 e. The first-order chi connectivity index (χ1) is 19.1. The number of carbonyl (C=O) groups excluding carboxylic acids is 4. The van der Waals surface area contributed by atoms with Crippen molar-refractivity contribution >= 4 is 52.2 Å². The summed E-state index contributed by atoms with van der Waals surface area (Å²) in [7, 11) is 1.46. The first-order valence-corrected chi connectivity index (χ1v) is 13.2. The molecule has 0 atom stereocenters. The summed E-state index contributed by atoms with van der Waals surface area (Å²) in [6, 6.07) is 17.9. The minimum Gasteiger partial charge on any atom is -0.493 e. The molecule has 0 aliphatic carbocycles. The fourth-order valence-corrected chi connectivity index (χ4v) is 4.78. The van der Waals surface area contributed by atoms with Crippen molar-refractivity contribution in [2.75, 3.05) is 30.9 Å². The van der Waals surface area contributed by atoms with E-state index in [-0.39, 0.29) is 17.4 Å². The molecular weight excluding hydrogens is 530 g/mol. The van der Waals surface area contributed by atoms with E-state index in [9.17, 15) is 19.2 Å². The molecule has 0 spiro atoms. The standard InChI is InChI=1S/C30H29N3O6S/c1-18-5-9-22(10-6-18)31-28(35)17-39-24-12-8-21(14-25(24)38-4)15-26-29(36)33(30(37)40-26)16-27(34)32-23-11-7-19(2)13-20(23)3/h5-15H,16-17H2,1-4H3,(H,31,35)(H,32,34)/b26-15+. The van der Waals surface area contributed by atoms with Gasteiger partial charge in [-0.2, -0.15) is 0 Å². The normalized spacial score (nSPS) is 13.9. The van der Waals surface area contributed by atoms with Gasteiger partial charge in [-0.3, -0.25) is 24.1 Å².